The molecule has 0 amide bonds. The molecule has 0 saturated heterocycles. The average Bonchev–Trinajstić information content (AvgIpc) is 2.27. The Morgan fingerprint density at radius 3 is 2.38 bits per heavy atom. The van der Waals surface area contributed by atoms with Crippen LogP contribution < -0.4 is 4.74 Å². The molecule has 1 rings (SSSR count). The van der Waals surface area contributed by atoms with Crippen LogP contribution in [0.2, 0.25) is 0 Å². The normalized spacial score (nSPS) is 11.2. The van der Waals surface area contributed by atoms with E-state index in [9.17, 15) is 4.79 Å². The molecule has 0 fully saturated rings. The van der Waals surface area contributed by atoms with Crippen molar-refractivity contribution < 1.29 is 9.53 Å². The summed E-state index contributed by atoms with van der Waals surface area (Å²) in [6.07, 6.45) is 3.67. The van der Waals surface area contributed by atoms with E-state index in [4.69, 9.17) is 4.74 Å². The van der Waals surface area contributed by atoms with Crippen molar-refractivity contribution in [2.45, 2.75) is 33.1 Å². The highest BCUT2D eigenvalue weighted by atomic mass is 16.5. The summed E-state index contributed by atoms with van der Waals surface area (Å²) in [5.41, 5.74) is 1.39. The van der Waals surface area contributed by atoms with Gasteiger partial charge in [-0.3, -0.25) is 0 Å². The van der Waals surface area contributed by atoms with Crippen molar-refractivity contribution in [1.82, 2.24) is 0 Å². The fraction of sp³-hybridized carbons (Fsp3) is 0.500. The summed E-state index contributed by atoms with van der Waals surface area (Å²) in [5.74, 6) is 0.885. The van der Waals surface area contributed by atoms with Gasteiger partial charge in [-0.25, -0.2) is 0 Å². The first kappa shape index (κ1) is 12.8. The second kappa shape index (κ2) is 5.69. The Bertz CT molecular complexity index is 325. The molecular formula is C14H20O2. The standard InChI is InChI=1S/C14H20O2/c1-14(2,10-11-15)9-8-12-4-6-13(16-3)7-5-12/h4-7,11H,8-10H2,1-3H3. The first-order valence-corrected chi connectivity index (χ1v) is 5.64. The third kappa shape index (κ3) is 4.05. The van der Waals surface area contributed by atoms with Gasteiger partial charge >= 0.3 is 0 Å². The Labute approximate surface area is 97.6 Å². The van der Waals surface area contributed by atoms with Crippen molar-refractivity contribution >= 4 is 6.29 Å². The van der Waals surface area contributed by atoms with Gasteiger partial charge in [-0.1, -0.05) is 26.0 Å². The maximum Gasteiger partial charge on any atom is 0.120 e. The number of hydrogen-bond acceptors (Lipinski definition) is 2. The smallest absolute Gasteiger partial charge is 0.120 e. The molecule has 0 spiro atoms. The summed E-state index contributed by atoms with van der Waals surface area (Å²) in [6.45, 7) is 4.26. The van der Waals surface area contributed by atoms with Crippen LogP contribution in [-0.2, 0) is 11.2 Å². The number of carbonyl (C=O) groups excluding carboxylic acids is 1. The molecule has 0 aliphatic carbocycles. The topological polar surface area (TPSA) is 26.3 Å². The lowest BCUT2D eigenvalue weighted by Crippen LogP contribution is -2.13. The molecule has 0 saturated carbocycles. The minimum Gasteiger partial charge on any atom is -0.497 e. The first-order chi connectivity index (χ1) is 7.57. The molecule has 0 aromatic heterocycles. The van der Waals surface area contributed by atoms with Gasteiger partial charge in [0.15, 0.2) is 0 Å². The zero-order valence-electron chi connectivity index (χ0n) is 10.3. The summed E-state index contributed by atoms with van der Waals surface area (Å²) in [6, 6.07) is 8.11. The monoisotopic (exact) mass is 220 g/mol. The number of benzene rings is 1. The first-order valence-electron chi connectivity index (χ1n) is 5.64. The highest BCUT2D eigenvalue weighted by molar-refractivity contribution is 5.50. The van der Waals surface area contributed by atoms with Crippen LogP contribution in [0.4, 0.5) is 0 Å². The number of rotatable bonds is 6. The Hall–Kier alpha value is -1.31. The zero-order valence-corrected chi connectivity index (χ0v) is 10.3. The van der Waals surface area contributed by atoms with Crippen molar-refractivity contribution in [2.24, 2.45) is 5.41 Å². The fourth-order valence-electron chi connectivity index (χ4n) is 1.60. The molecule has 0 aliphatic rings. The van der Waals surface area contributed by atoms with Gasteiger partial charge in [-0.05, 0) is 36.0 Å². The third-order valence-corrected chi connectivity index (χ3v) is 2.89. The van der Waals surface area contributed by atoms with Crippen LogP contribution in [0.1, 0.15) is 32.3 Å². The molecule has 16 heavy (non-hydrogen) atoms. The second-order valence-electron chi connectivity index (χ2n) is 4.88. The minimum absolute atomic E-state index is 0.0989. The molecule has 0 radical (unpaired) electrons. The maximum absolute atomic E-state index is 10.5. The number of aldehydes is 1. The Morgan fingerprint density at radius 2 is 1.88 bits per heavy atom. The average molecular weight is 220 g/mol. The van der Waals surface area contributed by atoms with Gasteiger partial charge in [0, 0.05) is 6.42 Å². The van der Waals surface area contributed by atoms with E-state index < -0.39 is 0 Å². The molecule has 2 heteroatoms. The van der Waals surface area contributed by atoms with Crippen LogP contribution in [0.5, 0.6) is 5.75 Å². The van der Waals surface area contributed by atoms with Gasteiger partial charge in [-0.15, -0.1) is 0 Å². The summed E-state index contributed by atoms with van der Waals surface area (Å²) in [7, 11) is 1.67. The molecule has 0 bridgehead atoms. The van der Waals surface area contributed by atoms with E-state index in [0.29, 0.717) is 6.42 Å². The lowest BCUT2D eigenvalue weighted by Gasteiger charge is -2.21. The maximum atomic E-state index is 10.5. The van der Waals surface area contributed by atoms with E-state index in [-0.39, 0.29) is 5.41 Å². The molecule has 0 N–H and O–H groups in total. The van der Waals surface area contributed by atoms with Crippen LogP contribution in [0.25, 0.3) is 0 Å². The van der Waals surface area contributed by atoms with Gasteiger partial charge < -0.3 is 9.53 Å². The summed E-state index contributed by atoms with van der Waals surface area (Å²) in [5, 5.41) is 0. The molecule has 88 valence electrons. The third-order valence-electron chi connectivity index (χ3n) is 2.89. The van der Waals surface area contributed by atoms with Crippen LogP contribution >= 0.6 is 0 Å². The van der Waals surface area contributed by atoms with Crippen molar-refractivity contribution in [2.75, 3.05) is 7.11 Å². The SMILES string of the molecule is COc1ccc(CCC(C)(C)CC=O)cc1. The highest BCUT2D eigenvalue weighted by Gasteiger charge is 2.16. The summed E-state index contributed by atoms with van der Waals surface area (Å²) in [4.78, 5) is 10.5. The Morgan fingerprint density at radius 1 is 1.25 bits per heavy atom. The molecular weight excluding hydrogens is 200 g/mol. The van der Waals surface area contributed by atoms with Crippen molar-refractivity contribution in [3.8, 4) is 5.75 Å². The van der Waals surface area contributed by atoms with E-state index >= 15 is 0 Å². The molecule has 0 heterocycles. The van der Waals surface area contributed by atoms with Gasteiger partial charge in [0.2, 0.25) is 0 Å². The molecule has 2 nitrogen and oxygen atoms in total. The predicted octanol–water partition coefficient (Wildman–Crippen LogP) is 3.24. The van der Waals surface area contributed by atoms with Gasteiger partial charge in [-0.2, -0.15) is 0 Å². The predicted molar refractivity (Wildman–Crippen MR) is 65.8 cm³/mol. The Balaban J connectivity index is 2.50. The highest BCUT2D eigenvalue weighted by Crippen LogP contribution is 2.26. The van der Waals surface area contributed by atoms with Gasteiger partial charge in [0.05, 0.1) is 7.11 Å². The lowest BCUT2D eigenvalue weighted by molar-refractivity contribution is -0.109. The number of ether oxygens (including phenoxy) is 1. The van der Waals surface area contributed by atoms with Crippen molar-refractivity contribution in [3.63, 3.8) is 0 Å². The number of hydrogen-bond donors (Lipinski definition) is 0. The van der Waals surface area contributed by atoms with E-state index in [1.165, 1.54) is 5.56 Å². The van der Waals surface area contributed by atoms with E-state index in [2.05, 4.69) is 26.0 Å². The minimum atomic E-state index is 0.0989. The van der Waals surface area contributed by atoms with Gasteiger partial charge in [0.25, 0.3) is 0 Å². The quantitative estimate of drug-likeness (QED) is 0.688. The van der Waals surface area contributed by atoms with Crippen LogP contribution in [-0.4, -0.2) is 13.4 Å². The molecule has 1 aromatic carbocycles. The lowest BCUT2D eigenvalue weighted by atomic mass is 9.84. The van der Waals surface area contributed by atoms with Crippen molar-refractivity contribution in [3.05, 3.63) is 29.8 Å². The van der Waals surface area contributed by atoms with E-state index in [0.717, 1.165) is 24.9 Å². The number of aryl methyl sites for hydroxylation is 1. The number of methoxy groups -OCH3 is 1. The fourth-order valence-corrected chi connectivity index (χ4v) is 1.60. The number of carbonyl (C=O) groups is 1. The summed E-state index contributed by atoms with van der Waals surface area (Å²) < 4.78 is 5.11. The molecule has 1 aromatic rings. The van der Waals surface area contributed by atoms with Crippen LogP contribution in [0, 0.1) is 5.41 Å². The zero-order chi connectivity index (χ0) is 12.0. The molecule has 0 atom stereocenters. The second-order valence-corrected chi connectivity index (χ2v) is 4.88. The Kier molecular flexibility index (Phi) is 4.53. The van der Waals surface area contributed by atoms with Crippen LogP contribution in [0.3, 0.4) is 0 Å². The van der Waals surface area contributed by atoms with E-state index in [1.54, 1.807) is 7.11 Å². The molecule has 0 aliphatic heterocycles. The van der Waals surface area contributed by atoms with E-state index in [1.807, 2.05) is 12.1 Å². The molecule has 0 unspecified atom stereocenters. The van der Waals surface area contributed by atoms with Crippen LogP contribution in [0.15, 0.2) is 24.3 Å². The summed E-state index contributed by atoms with van der Waals surface area (Å²) >= 11 is 0. The van der Waals surface area contributed by atoms with Gasteiger partial charge in [0.1, 0.15) is 12.0 Å². The van der Waals surface area contributed by atoms with Crippen molar-refractivity contribution in [1.29, 1.82) is 0 Å². The largest absolute Gasteiger partial charge is 0.497 e.